The molecule has 0 aromatic carbocycles. The van der Waals surface area contributed by atoms with Gasteiger partial charge >= 0.3 is 0 Å². The van der Waals surface area contributed by atoms with Crippen molar-refractivity contribution in [1.82, 2.24) is 15.2 Å². The van der Waals surface area contributed by atoms with Gasteiger partial charge in [-0.15, -0.1) is 0 Å². The Morgan fingerprint density at radius 2 is 2.29 bits per heavy atom. The van der Waals surface area contributed by atoms with E-state index in [1.165, 1.54) is 13.0 Å². The quantitative estimate of drug-likeness (QED) is 0.641. The zero-order chi connectivity index (χ0) is 15.4. The van der Waals surface area contributed by atoms with E-state index >= 15 is 0 Å². The molecule has 6 heteroatoms. The molecule has 0 aliphatic carbocycles. The Hall–Kier alpha value is -1.53. The molecule has 0 bridgehead atoms. The monoisotopic (exact) mass is 292 g/mol. The Morgan fingerprint density at radius 1 is 1.52 bits per heavy atom. The fraction of sp³-hybridized carbons (Fsp3) is 0.667. The molecule has 2 rings (SSSR count). The lowest BCUT2D eigenvalue weighted by atomic mass is 10.1. The lowest BCUT2D eigenvalue weighted by Crippen LogP contribution is -2.26. The van der Waals surface area contributed by atoms with E-state index in [4.69, 9.17) is 0 Å². The van der Waals surface area contributed by atoms with Gasteiger partial charge in [0.1, 0.15) is 0 Å². The Bertz CT molecular complexity index is 519. The first-order valence-corrected chi connectivity index (χ1v) is 7.55. The third-order valence-electron chi connectivity index (χ3n) is 4.30. The number of nitro groups is 1. The smallest absolute Gasteiger partial charge is 0.278 e. The second-order valence-corrected chi connectivity index (χ2v) is 5.80. The molecule has 1 aliphatic rings. The summed E-state index contributed by atoms with van der Waals surface area (Å²) in [5, 5.41) is 14.5. The van der Waals surface area contributed by atoms with Crippen molar-refractivity contribution in [1.29, 1.82) is 0 Å². The highest BCUT2D eigenvalue weighted by molar-refractivity contribution is 5.47. The van der Waals surface area contributed by atoms with Crippen molar-refractivity contribution in [2.45, 2.75) is 33.7 Å². The maximum Gasteiger partial charge on any atom is 0.278 e. The molecule has 1 unspecified atom stereocenters. The van der Waals surface area contributed by atoms with Gasteiger partial charge in [0.05, 0.1) is 10.6 Å². The van der Waals surface area contributed by atoms with Gasteiger partial charge in [0.25, 0.3) is 5.69 Å². The van der Waals surface area contributed by atoms with Crippen LogP contribution in [0.25, 0.3) is 0 Å². The van der Waals surface area contributed by atoms with E-state index < -0.39 is 0 Å². The molecule has 1 fully saturated rings. The second-order valence-electron chi connectivity index (χ2n) is 5.80. The Kier molecular flexibility index (Phi) is 5.25. The van der Waals surface area contributed by atoms with Gasteiger partial charge in [-0.3, -0.25) is 15.1 Å². The van der Waals surface area contributed by atoms with Crippen LogP contribution in [0.2, 0.25) is 0 Å². The molecule has 116 valence electrons. The van der Waals surface area contributed by atoms with Crippen LogP contribution < -0.4 is 5.32 Å². The topological polar surface area (TPSA) is 71.3 Å². The molecule has 0 radical (unpaired) electrons. The minimum atomic E-state index is -0.314. The van der Waals surface area contributed by atoms with Crippen molar-refractivity contribution in [2.24, 2.45) is 5.92 Å². The molecule has 0 amide bonds. The maximum atomic E-state index is 11.1. The minimum Gasteiger partial charge on any atom is -0.311 e. The number of hydrogen-bond donors (Lipinski definition) is 1. The third-order valence-corrected chi connectivity index (χ3v) is 4.30. The van der Waals surface area contributed by atoms with Crippen LogP contribution in [0, 0.1) is 29.9 Å². The number of hydrogen-bond acceptors (Lipinski definition) is 5. The van der Waals surface area contributed by atoms with Crippen molar-refractivity contribution in [3.05, 3.63) is 33.1 Å². The van der Waals surface area contributed by atoms with Crippen LogP contribution in [-0.2, 0) is 6.54 Å². The van der Waals surface area contributed by atoms with Crippen LogP contribution in [0.15, 0.2) is 6.20 Å². The molecule has 1 N–H and O–H groups in total. The summed E-state index contributed by atoms with van der Waals surface area (Å²) < 4.78 is 0. The highest BCUT2D eigenvalue weighted by Gasteiger charge is 2.21. The first-order chi connectivity index (χ1) is 10.0. The molecular formula is C15H24N4O2. The van der Waals surface area contributed by atoms with E-state index in [9.17, 15) is 10.1 Å². The molecule has 0 spiro atoms. The fourth-order valence-corrected chi connectivity index (χ4v) is 2.99. The summed E-state index contributed by atoms with van der Waals surface area (Å²) in [4.78, 5) is 17.6. The van der Waals surface area contributed by atoms with E-state index in [0.717, 1.165) is 25.3 Å². The number of nitrogens with one attached hydrogen (secondary N) is 1. The standard InChI is InChI=1S/C15H24N4O2/c1-4-18-6-5-13(10-18)8-16-9-14-12(3)15(19(20)21)11(2)7-17-14/h7,13,16H,4-6,8-10H2,1-3H3. The normalized spacial score (nSPS) is 19.1. The summed E-state index contributed by atoms with van der Waals surface area (Å²) in [6.45, 7) is 10.7. The van der Waals surface area contributed by atoms with Crippen LogP contribution in [-0.4, -0.2) is 41.0 Å². The van der Waals surface area contributed by atoms with Gasteiger partial charge in [0.15, 0.2) is 0 Å². The molecule has 1 aromatic heterocycles. The number of pyridine rings is 1. The second kappa shape index (κ2) is 6.95. The average molecular weight is 292 g/mol. The minimum absolute atomic E-state index is 0.194. The molecule has 6 nitrogen and oxygen atoms in total. The predicted molar refractivity (Wildman–Crippen MR) is 82.3 cm³/mol. The van der Waals surface area contributed by atoms with Crippen molar-refractivity contribution in [3.63, 3.8) is 0 Å². The molecule has 1 saturated heterocycles. The summed E-state index contributed by atoms with van der Waals surface area (Å²) in [6, 6.07) is 0. The van der Waals surface area contributed by atoms with Gasteiger partial charge in [0.2, 0.25) is 0 Å². The van der Waals surface area contributed by atoms with E-state index in [2.05, 4.69) is 22.1 Å². The van der Waals surface area contributed by atoms with E-state index in [-0.39, 0.29) is 10.6 Å². The summed E-state index contributed by atoms with van der Waals surface area (Å²) in [7, 11) is 0. The van der Waals surface area contributed by atoms with Crippen molar-refractivity contribution >= 4 is 5.69 Å². The number of aryl methyl sites for hydroxylation is 1. The van der Waals surface area contributed by atoms with Crippen molar-refractivity contribution < 1.29 is 4.92 Å². The van der Waals surface area contributed by atoms with Crippen LogP contribution in [0.5, 0.6) is 0 Å². The highest BCUT2D eigenvalue weighted by atomic mass is 16.6. The number of rotatable bonds is 6. The first kappa shape index (κ1) is 15.9. The van der Waals surface area contributed by atoms with Crippen molar-refractivity contribution in [2.75, 3.05) is 26.2 Å². The number of likely N-dealkylation sites (tertiary alicyclic amines) is 1. The van der Waals surface area contributed by atoms with Crippen molar-refractivity contribution in [3.8, 4) is 0 Å². The molecule has 1 aromatic rings. The number of aromatic nitrogens is 1. The van der Waals surface area contributed by atoms with Gasteiger partial charge in [0, 0.05) is 30.4 Å². The van der Waals surface area contributed by atoms with Gasteiger partial charge in [-0.2, -0.15) is 0 Å². The molecular weight excluding hydrogens is 268 g/mol. The SMILES string of the molecule is CCN1CCC(CNCc2ncc(C)c([N+](=O)[O-])c2C)C1. The van der Waals surface area contributed by atoms with Gasteiger partial charge in [-0.05, 0) is 45.8 Å². The molecule has 1 atom stereocenters. The Morgan fingerprint density at radius 3 is 2.90 bits per heavy atom. The fourth-order valence-electron chi connectivity index (χ4n) is 2.99. The lowest BCUT2D eigenvalue weighted by molar-refractivity contribution is -0.386. The van der Waals surface area contributed by atoms with E-state index in [1.807, 2.05) is 0 Å². The summed E-state index contributed by atoms with van der Waals surface area (Å²) in [6.07, 6.45) is 2.82. The summed E-state index contributed by atoms with van der Waals surface area (Å²) in [5.74, 6) is 0.672. The Labute approximate surface area is 125 Å². The lowest BCUT2D eigenvalue weighted by Gasteiger charge is -2.14. The van der Waals surface area contributed by atoms with Crippen LogP contribution >= 0.6 is 0 Å². The van der Waals surface area contributed by atoms with Crippen LogP contribution in [0.4, 0.5) is 5.69 Å². The van der Waals surface area contributed by atoms with Crippen LogP contribution in [0.3, 0.4) is 0 Å². The third kappa shape index (κ3) is 3.77. The molecule has 21 heavy (non-hydrogen) atoms. The zero-order valence-corrected chi connectivity index (χ0v) is 13.1. The van der Waals surface area contributed by atoms with Gasteiger partial charge < -0.3 is 10.2 Å². The summed E-state index contributed by atoms with van der Waals surface area (Å²) in [5.41, 5.74) is 2.27. The molecule has 0 saturated carbocycles. The largest absolute Gasteiger partial charge is 0.311 e. The van der Waals surface area contributed by atoms with Gasteiger partial charge in [-0.1, -0.05) is 6.92 Å². The predicted octanol–water partition coefficient (Wildman–Crippen LogP) is 2.04. The first-order valence-electron chi connectivity index (χ1n) is 7.55. The zero-order valence-electron chi connectivity index (χ0n) is 13.1. The van der Waals surface area contributed by atoms with E-state index in [1.54, 1.807) is 20.0 Å². The van der Waals surface area contributed by atoms with E-state index in [0.29, 0.717) is 23.6 Å². The maximum absolute atomic E-state index is 11.1. The average Bonchev–Trinajstić information content (AvgIpc) is 2.89. The Balaban J connectivity index is 1.92. The number of nitrogens with zero attached hydrogens (tertiary/aromatic N) is 3. The summed E-state index contributed by atoms with van der Waals surface area (Å²) >= 11 is 0. The van der Waals surface area contributed by atoms with Gasteiger partial charge in [-0.25, -0.2) is 0 Å². The molecule has 1 aliphatic heterocycles. The highest BCUT2D eigenvalue weighted by Crippen LogP contribution is 2.24. The van der Waals surface area contributed by atoms with Crippen LogP contribution in [0.1, 0.15) is 30.2 Å². The molecule has 2 heterocycles.